The van der Waals surface area contributed by atoms with Gasteiger partial charge in [-0.25, -0.2) is 0 Å². The van der Waals surface area contributed by atoms with E-state index in [4.69, 9.17) is 9.16 Å². The third kappa shape index (κ3) is 6.02. The molecule has 2 nitrogen and oxygen atoms in total. The number of rotatable bonds is 7. The van der Waals surface area contributed by atoms with E-state index in [1.807, 2.05) is 0 Å². The normalized spacial score (nSPS) is 14.1. The van der Waals surface area contributed by atoms with Crippen LogP contribution in [0.25, 0.3) is 11.1 Å². The SMILES string of the molecule is C[C](C)=[Zr+2]([C]1=CC(OCCO[Si](C)(C)C)=CC1)[CH]1c2ccccc2-c2ccccc21.[Cl-].[Cl-]. The zero-order chi connectivity index (χ0) is 21.3. The first-order valence-electron chi connectivity index (χ1n) is 10.9. The summed E-state index contributed by atoms with van der Waals surface area (Å²) in [6.07, 6.45) is 5.69. The molecule has 0 amide bonds. The van der Waals surface area contributed by atoms with Gasteiger partial charge in [0.1, 0.15) is 0 Å². The average molecular weight is 567 g/mol. The number of allylic oxidation sites excluding steroid dienone is 3. The van der Waals surface area contributed by atoms with Crippen molar-refractivity contribution in [3.05, 3.63) is 80.9 Å². The van der Waals surface area contributed by atoms with Gasteiger partial charge >= 0.3 is 191 Å². The second-order valence-electron chi connectivity index (χ2n) is 9.31. The van der Waals surface area contributed by atoms with Crippen LogP contribution in [-0.4, -0.2) is 24.7 Å². The summed E-state index contributed by atoms with van der Waals surface area (Å²) in [6, 6.07) is 18.1. The van der Waals surface area contributed by atoms with Crippen molar-refractivity contribution in [1.82, 2.24) is 0 Å². The molecule has 4 rings (SSSR count). The minimum absolute atomic E-state index is 0. The van der Waals surface area contributed by atoms with Gasteiger partial charge in [-0.3, -0.25) is 0 Å². The summed E-state index contributed by atoms with van der Waals surface area (Å²) in [4.78, 5) is 0. The molecule has 0 unspecified atom stereocenters. The Morgan fingerprint density at radius 2 is 1.47 bits per heavy atom. The molecule has 0 heterocycles. The van der Waals surface area contributed by atoms with Gasteiger partial charge in [-0.15, -0.1) is 0 Å². The molecule has 2 aromatic carbocycles. The number of ether oxygens (including phenoxy) is 1. The quantitative estimate of drug-likeness (QED) is 0.362. The van der Waals surface area contributed by atoms with Crippen LogP contribution in [0.15, 0.2) is 69.7 Å². The zero-order valence-electron chi connectivity index (χ0n) is 19.5. The fourth-order valence-corrected chi connectivity index (χ4v) is 13.5. The molecule has 0 bridgehead atoms. The van der Waals surface area contributed by atoms with Crippen LogP contribution < -0.4 is 24.8 Å². The first kappa shape index (κ1) is 27.5. The average Bonchev–Trinajstić information content (AvgIpc) is 3.29. The minimum Gasteiger partial charge on any atom is -1.00 e. The molecule has 2 aromatic rings. The molecule has 2 aliphatic carbocycles. The van der Waals surface area contributed by atoms with Gasteiger partial charge < -0.3 is 24.8 Å². The van der Waals surface area contributed by atoms with E-state index < -0.39 is 29.6 Å². The Morgan fingerprint density at radius 3 is 2.00 bits per heavy atom. The molecule has 0 saturated heterocycles. The van der Waals surface area contributed by atoms with Crippen molar-refractivity contribution in [1.29, 1.82) is 0 Å². The van der Waals surface area contributed by atoms with E-state index in [2.05, 4.69) is 94.2 Å². The maximum Gasteiger partial charge on any atom is -1.00 e. The monoisotopic (exact) mass is 564 g/mol. The van der Waals surface area contributed by atoms with Gasteiger partial charge in [0.25, 0.3) is 0 Å². The van der Waals surface area contributed by atoms with E-state index in [-0.39, 0.29) is 24.8 Å². The van der Waals surface area contributed by atoms with Crippen LogP contribution in [0.4, 0.5) is 0 Å². The van der Waals surface area contributed by atoms with Gasteiger partial charge in [0, 0.05) is 0 Å². The van der Waals surface area contributed by atoms with Crippen LogP contribution in [-0.2, 0) is 30.4 Å². The Kier molecular flexibility index (Phi) is 9.94. The summed E-state index contributed by atoms with van der Waals surface area (Å²) in [7, 11) is -1.47. The van der Waals surface area contributed by atoms with Crippen molar-refractivity contribution in [3.63, 3.8) is 0 Å². The van der Waals surface area contributed by atoms with Gasteiger partial charge in [-0.05, 0) is 0 Å². The molecule has 0 N–H and O–H groups in total. The maximum atomic E-state index is 6.06. The molecule has 0 aromatic heterocycles. The maximum absolute atomic E-state index is 6.06. The molecule has 170 valence electrons. The molecule has 0 radical (unpaired) electrons. The molecule has 0 saturated carbocycles. The Hall–Kier alpha value is -0.770. The zero-order valence-corrected chi connectivity index (χ0v) is 24.5. The van der Waals surface area contributed by atoms with E-state index in [9.17, 15) is 0 Å². The van der Waals surface area contributed by atoms with Crippen molar-refractivity contribution >= 4 is 11.5 Å². The Balaban J connectivity index is 0.00000181. The van der Waals surface area contributed by atoms with Crippen molar-refractivity contribution in [2.24, 2.45) is 0 Å². The summed E-state index contributed by atoms with van der Waals surface area (Å²) < 4.78 is 15.9. The second-order valence-corrected chi connectivity index (χ2v) is 21.3. The largest absolute Gasteiger partial charge is 1.00 e. The fourth-order valence-electron chi connectivity index (χ4n) is 4.56. The van der Waals surface area contributed by atoms with E-state index in [0.717, 1.165) is 12.2 Å². The van der Waals surface area contributed by atoms with Crippen LogP contribution in [0.5, 0.6) is 0 Å². The molecular weight excluding hydrogens is 535 g/mol. The predicted octanol–water partition coefficient (Wildman–Crippen LogP) is 0.634. The summed E-state index contributed by atoms with van der Waals surface area (Å²) in [5.74, 6) is 1.04. The van der Waals surface area contributed by atoms with Gasteiger partial charge in [-0.2, -0.15) is 0 Å². The molecule has 0 atom stereocenters. The summed E-state index contributed by atoms with van der Waals surface area (Å²) >= 11 is -2.10. The van der Waals surface area contributed by atoms with Crippen molar-refractivity contribution in [3.8, 4) is 11.1 Å². The van der Waals surface area contributed by atoms with E-state index in [0.29, 0.717) is 16.8 Å². The van der Waals surface area contributed by atoms with Crippen LogP contribution in [0.1, 0.15) is 35.0 Å². The fraction of sp³-hybridized carbons (Fsp3) is 0.346. The summed E-state index contributed by atoms with van der Waals surface area (Å²) in [5.41, 5.74) is 5.94. The molecule has 32 heavy (non-hydrogen) atoms. The molecule has 2 aliphatic rings. The number of hydrogen-bond acceptors (Lipinski definition) is 2. The van der Waals surface area contributed by atoms with Gasteiger partial charge in [0.2, 0.25) is 0 Å². The van der Waals surface area contributed by atoms with Crippen LogP contribution in [0.3, 0.4) is 0 Å². The number of benzene rings is 2. The standard InChI is InChI=1S/C13H9.C10H17O2Si.C3H6.2ClH.Zr/c1-3-7-12-10(5-1)9-11-6-2-4-8-13(11)12;1-13(2,3)12-9-8-11-10-6-4-5-7-10;1-3-2;;;/h1-9H;6-7H,4,8-9H2,1-3H3;1-2H3;2*1H;/q;;;;;+2/p-2. The Labute approximate surface area is 214 Å². The molecule has 0 spiro atoms. The smallest absolute Gasteiger partial charge is 1.00 e. The van der Waals surface area contributed by atoms with Gasteiger partial charge in [0.05, 0.1) is 0 Å². The third-order valence-electron chi connectivity index (χ3n) is 5.73. The summed E-state index contributed by atoms with van der Waals surface area (Å²) in [6.45, 7) is 12.7. The molecule has 0 fully saturated rings. The van der Waals surface area contributed by atoms with Crippen LogP contribution in [0.2, 0.25) is 19.6 Å². The summed E-state index contributed by atoms with van der Waals surface area (Å²) in [5, 5.41) is 0. The van der Waals surface area contributed by atoms with Gasteiger partial charge in [-0.1, -0.05) is 0 Å². The number of hydrogen-bond donors (Lipinski definition) is 0. The van der Waals surface area contributed by atoms with Crippen molar-refractivity contribution < 1.29 is 55.2 Å². The molecule has 0 aliphatic heterocycles. The van der Waals surface area contributed by atoms with Crippen LogP contribution in [0, 0.1) is 0 Å². The van der Waals surface area contributed by atoms with Crippen molar-refractivity contribution in [2.75, 3.05) is 13.2 Å². The number of halogens is 2. The molecular formula is C26H32Cl2O2SiZr. The second kappa shape index (κ2) is 11.6. The van der Waals surface area contributed by atoms with Gasteiger partial charge in [0.15, 0.2) is 0 Å². The van der Waals surface area contributed by atoms with E-state index in [1.54, 1.807) is 6.49 Å². The first-order chi connectivity index (χ1) is 14.3. The first-order valence-corrected chi connectivity index (χ1v) is 18.2. The molecule has 6 heteroatoms. The van der Waals surface area contributed by atoms with Crippen molar-refractivity contribution in [2.45, 2.75) is 43.5 Å². The van der Waals surface area contributed by atoms with E-state index in [1.165, 1.54) is 22.3 Å². The van der Waals surface area contributed by atoms with E-state index >= 15 is 0 Å². The Bertz CT molecular complexity index is 1000. The topological polar surface area (TPSA) is 18.5 Å². The number of fused-ring (bicyclic) bond motifs is 3. The predicted molar refractivity (Wildman–Crippen MR) is 126 cm³/mol. The minimum atomic E-state index is -2.10. The third-order valence-corrected chi connectivity index (χ3v) is 15.0. The Morgan fingerprint density at radius 1 is 0.906 bits per heavy atom. The van der Waals surface area contributed by atoms with Crippen LogP contribution >= 0.6 is 0 Å².